The largest absolute Gasteiger partial charge is 0.480 e. The van der Waals surface area contributed by atoms with Crippen LogP contribution in [0.5, 0.6) is 0 Å². The van der Waals surface area contributed by atoms with Gasteiger partial charge in [-0.05, 0) is 30.5 Å². The lowest BCUT2D eigenvalue weighted by Crippen LogP contribution is -2.41. The maximum atomic E-state index is 12.6. The van der Waals surface area contributed by atoms with Crippen LogP contribution >= 0.6 is 0 Å². The molecule has 0 bridgehead atoms. The fourth-order valence-corrected chi connectivity index (χ4v) is 1.77. The molecule has 0 saturated carbocycles. The Kier molecular flexibility index (Phi) is 5.34. The van der Waals surface area contributed by atoms with Gasteiger partial charge in [-0.25, -0.2) is 4.79 Å². The van der Waals surface area contributed by atoms with Gasteiger partial charge < -0.3 is 10.4 Å². The van der Waals surface area contributed by atoms with Gasteiger partial charge in [0.1, 0.15) is 6.04 Å². The summed E-state index contributed by atoms with van der Waals surface area (Å²) in [7, 11) is 0. The molecule has 1 aromatic rings. The van der Waals surface area contributed by atoms with Gasteiger partial charge in [-0.2, -0.15) is 13.2 Å². The SMILES string of the molecule is CC(C)C[C@H](NC(=O)c1cccc(C(F)(F)F)c1)C(=O)O. The van der Waals surface area contributed by atoms with Gasteiger partial charge in [0.25, 0.3) is 5.91 Å². The van der Waals surface area contributed by atoms with Crippen molar-refractivity contribution in [3.05, 3.63) is 35.4 Å². The van der Waals surface area contributed by atoms with E-state index in [2.05, 4.69) is 5.32 Å². The molecule has 0 aliphatic rings. The summed E-state index contributed by atoms with van der Waals surface area (Å²) < 4.78 is 37.7. The molecule has 4 nitrogen and oxygen atoms in total. The van der Waals surface area contributed by atoms with Crippen molar-refractivity contribution in [1.82, 2.24) is 5.32 Å². The first-order valence-corrected chi connectivity index (χ1v) is 6.32. The van der Waals surface area contributed by atoms with Crippen molar-refractivity contribution in [2.24, 2.45) is 5.92 Å². The monoisotopic (exact) mass is 303 g/mol. The number of rotatable bonds is 5. The second-order valence-corrected chi connectivity index (χ2v) is 5.07. The third-order valence-electron chi connectivity index (χ3n) is 2.76. The summed E-state index contributed by atoms with van der Waals surface area (Å²) in [4.78, 5) is 22.9. The highest BCUT2D eigenvalue weighted by molar-refractivity contribution is 5.96. The van der Waals surface area contributed by atoms with Gasteiger partial charge in [-0.3, -0.25) is 4.79 Å². The lowest BCUT2D eigenvalue weighted by Gasteiger charge is -2.17. The Morgan fingerprint density at radius 1 is 1.29 bits per heavy atom. The molecular formula is C14H16F3NO3. The maximum absolute atomic E-state index is 12.6. The fraction of sp³-hybridized carbons (Fsp3) is 0.429. The Morgan fingerprint density at radius 2 is 1.90 bits per heavy atom. The number of alkyl halides is 3. The summed E-state index contributed by atoms with van der Waals surface area (Å²) >= 11 is 0. The van der Waals surface area contributed by atoms with Crippen molar-refractivity contribution < 1.29 is 27.9 Å². The van der Waals surface area contributed by atoms with Crippen molar-refractivity contribution in [2.45, 2.75) is 32.5 Å². The van der Waals surface area contributed by atoms with Crippen LogP contribution in [0.15, 0.2) is 24.3 Å². The number of carboxylic acid groups (broad SMARTS) is 1. The second-order valence-electron chi connectivity index (χ2n) is 5.07. The van der Waals surface area contributed by atoms with E-state index in [1.807, 2.05) is 0 Å². The van der Waals surface area contributed by atoms with E-state index in [4.69, 9.17) is 5.11 Å². The van der Waals surface area contributed by atoms with Crippen LogP contribution in [0.3, 0.4) is 0 Å². The Hall–Kier alpha value is -2.05. The zero-order valence-electron chi connectivity index (χ0n) is 11.6. The zero-order chi connectivity index (χ0) is 16.2. The molecule has 1 atom stereocenters. The molecule has 1 rings (SSSR count). The molecule has 0 heterocycles. The summed E-state index contributed by atoms with van der Waals surface area (Å²) in [6, 6.07) is 2.73. The van der Waals surface area contributed by atoms with Crippen LogP contribution in [0.1, 0.15) is 36.2 Å². The molecule has 0 spiro atoms. The number of benzene rings is 1. The first-order chi connectivity index (χ1) is 9.61. The highest BCUT2D eigenvalue weighted by atomic mass is 19.4. The Morgan fingerprint density at radius 3 is 2.38 bits per heavy atom. The maximum Gasteiger partial charge on any atom is 0.416 e. The summed E-state index contributed by atoms with van der Waals surface area (Å²) in [6.07, 6.45) is -4.36. The van der Waals surface area contributed by atoms with Crippen LogP contribution in [-0.2, 0) is 11.0 Å². The number of halogens is 3. The molecule has 1 amide bonds. The molecule has 21 heavy (non-hydrogen) atoms. The second kappa shape index (κ2) is 6.60. The molecule has 7 heteroatoms. The topological polar surface area (TPSA) is 66.4 Å². The molecule has 0 aromatic heterocycles. The van der Waals surface area contributed by atoms with E-state index >= 15 is 0 Å². The molecule has 0 aliphatic heterocycles. The molecular weight excluding hydrogens is 287 g/mol. The molecule has 0 saturated heterocycles. The van der Waals surface area contributed by atoms with Gasteiger partial charge in [0, 0.05) is 5.56 Å². The van der Waals surface area contributed by atoms with Crippen LogP contribution in [0.2, 0.25) is 0 Å². The van der Waals surface area contributed by atoms with E-state index in [9.17, 15) is 22.8 Å². The van der Waals surface area contributed by atoms with Gasteiger partial charge in [0.15, 0.2) is 0 Å². The van der Waals surface area contributed by atoms with Crippen LogP contribution in [-0.4, -0.2) is 23.0 Å². The van der Waals surface area contributed by atoms with Crippen molar-refractivity contribution >= 4 is 11.9 Å². The number of nitrogens with one attached hydrogen (secondary N) is 1. The van der Waals surface area contributed by atoms with Gasteiger partial charge in [0.05, 0.1) is 5.56 Å². The predicted molar refractivity (Wildman–Crippen MR) is 69.8 cm³/mol. The van der Waals surface area contributed by atoms with Gasteiger partial charge in [-0.15, -0.1) is 0 Å². The summed E-state index contributed by atoms with van der Waals surface area (Å²) in [5.74, 6) is -2.04. The van der Waals surface area contributed by atoms with Gasteiger partial charge in [-0.1, -0.05) is 19.9 Å². The third-order valence-corrected chi connectivity index (χ3v) is 2.76. The highest BCUT2D eigenvalue weighted by Crippen LogP contribution is 2.29. The van der Waals surface area contributed by atoms with E-state index in [1.54, 1.807) is 13.8 Å². The number of hydrogen-bond acceptors (Lipinski definition) is 2. The van der Waals surface area contributed by atoms with Crippen molar-refractivity contribution in [1.29, 1.82) is 0 Å². The average molecular weight is 303 g/mol. The quantitative estimate of drug-likeness (QED) is 0.879. The Bertz CT molecular complexity index is 526. The van der Waals surface area contributed by atoms with Gasteiger partial charge >= 0.3 is 12.1 Å². The predicted octanol–water partition coefficient (Wildman–Crippen LogP) is 2.93. The number of carbonyl (C=O) groups is 2. The minimum Gasteiger partial charge on any atom is -0.480 e. The number of hydrogen-bond donors (Lipinski definition) is 2. The van der Waals surface area contributed by atoms with Gasteiger partial charge in [0.2, 0.25) is 0 Å². The molecule has 116 valence electrons. The van der Waals surface area contributed by atoms with Crippen LogP contribution in [0, 0.1) is 5.92 Å². The number of carbonyl (C=O) groups excluding carboxylic acids is 1. The van der Waals surface area contributed by atoms with Crippen LogP contribution in [0.4, 0.5) is 13.2 Å². The smallest absolute Gasteiger partial charge is 0.416 e. The fourth-order valence-electron chi connectivity index (χ4n) is 1.77. The first-order valence-electron chi connectivity index (χ1n) is 6.32. The van der Waals surface area contributed by atoms with Crippen LogP contribution in [0.25, 0.3) is 0 Å². The van der Waals surface area contributed by atoms with Crippen molar-refractivity contribution in [3.8, 4) is 0 Å². The molecule has 1 aromatic carbocycles. The van der Waals surface area contributed by atoms with E-state index in [0.717, 1.165) is 12.1 Å². The molecule has 0 aliphatic carbocycles. The zero-order valence-corrected chi connectivity index (χ0v) is 11.6. The molecule has 2 N–H and O–H groups in total. The van der Waals surface area contributed by atoms with E-state index < -0.39 is 29.7 Å². The van der Waals surface area contributed by atoms with Crippen molar-refractivity contribution in [3.63, 3.8) is 0 Å². The summed E-state index contributed by atoms with van der Waals surface area (Å²) in [6.45, 7) is 3.57. The van der Waals surface area contributed by atoms with E-state index in [0.29, 0.717) is 6.07 Å². The minimum atomic E-state index is -4.56. The first kappa shape index (κ1) is 17.0. The minimum absolute atomic E-state index is 0.0212. The molecule has 0 fully saturated rings. The average Bonchev–Trinajstić information content (AvgIpc) is 2.36. The number of carboxylic acids is 1. The third kappa shape index (κ3) is 5.09. The molecule has 0 radical (unpaired) electrons. The van der Waals surface area contributed by atoms with E-state index in [-0.39, 0.29) is 17.9 Å². The summed E-state index contributed by atoms with van der Waals surface area (Å²) in [5, 5.41) is 11.2. The summed E-state index contributed by atoms with van der Waals surface area (Å²) in [5.41, 5.74) is -1.18. The lowest BCUT2D eigenvalue weighted by molar-refractivity contribution is -0.140. The van der Waals surface area contributed by atoms with Crippen LogP contribution < -0.4 is 5.32 Å². The highest BCUT2D eigenvalue weighted by Gasteiger charge is 2.31. The normalized spacial score (nSPS) is 13.0. The molecule has 0 unspecified atom stereocenters. The Balaban J connectivity index is 2.90. The van der Waals surface area contributed by atoms with Crippen molar-refractivity contribution in [2.75, 3.05) is 0 Å². The standard InChI is InChI=1S/C14H16F3NO3/c1-8(2)6-11(13(20)21)18-12(19)9-4-3-5-10(7-9)14(15,16)17/h3-5,7-8,11H,6H2,1-2H3,(H,18,19)(H,20,21)/t11-/m0/s1. The lowest BCUT2D eigenvalue weighted by atomic mass is 10.0. The Labute approximate surface area is 120 Å². The number of aliphatic carboxylic acids is 1. The number of amides is 1. The van der Waals surface area contributed by atoms with E-state index in [1.165, 1.54) is 6.07 Å².